The zero-order chi connectivity index (χ0) is 15.2. The van der Waals surface area contributed by atoms with Crippen LogP contribution in [0, 0.1) is 6.92 Å². The predicted molar refractivity (Wildman–Crippen MR) is 89.7 cm³/mol. The van der Waals surface area contributed by atoms with E-state index in [0.717, 1.165) is 52.9 Å². The Balaban J connectivity index is 2.33. The number of benzene rings is 1. The molecule has 0 spiro atoms. The first-order chi connectivity index (χ1) is 10.2. The Kier molecular flexibility index (Phi) is 5.39. The molecule has 4 nitrogen and oxygen atoms in total. The summed E-state index contributed by atoms with van der Waals surface area (Å²) in [6.07, 6.45) is 3.50. The highest BCUT2D eigenvalue weighted by Gasteiger charge is 2.11. The third-order valence-electron chi connectivity index (χ3n) is 3.36. The summed E-state index contributed by atoms with van der Waals surface area (Å²) in [5.41, 5.74) is 3.07. The van der Waals surface area contributed by atoms with Gasteiger partial charge in [-0.05, 0) is 37.5 Å². The van der Waals surface area contributed by atoms with Crippen LogP contribution in [0.2, 0.25) is 5.02 Å². The smallest absolute Gasteiger partial charge is 0.139 e. The van der Waals surface area contributed by atoms with E-state index in [-0.39, 0.29) is 0 Å². The van der Waals surface area contributed by atoms with Gasteiger partial charge >= 0.3 is 0 Å². The van der Waals surface area contributed by atoms with Crippen LogP contribution < -0.4 is 10.6 Å². The van der Waals surface area contributed by atoms with E-state index >= 15 is 0 Å². The van der Waals surface area contributed by atoms with Crippen LogP contribution in [0.15, 0.2) is 24.5 Å². The van der Waals surface area contributed by atoms with Crippen molar-refractivity contribution in [3.8, 4) is 0 Å². The van der Waals surface area contributed by atoms with Gasteiger partial charge in [-0.1, -0.05) is 31.5 Å². The van der Waals surface area contributed by atoms with Crippen LogP contribution in [0.3, 0.4) is 0 Å². The van der Waals surface area contributed by atoms with Gasteiger partial charge in [0.1, 0.15) is 18.0 Å². The summed E-state index contributed by atoms with van der Waals surface area (Å²) >= 11 is 6.17. The second-order valence-corrected chi connectivity index (χ2v) is 5.27. The van der Waals surface area contributed by atoms with E-state index in [9.17, 15) is 0 Å². The van der Waals surface area contributed by atoms with Crippen molar-refractivity contribution in [1.29, 1.82) is 0 Å². The number of aromatic nitrogens is 2. The molecule has 0 saturated carbocycles. The van der Waals surface area contributed by atoms with E-state index in [1.807, 2.05) is 25.1 Å². The maximum Gasteiger partial charge on any atom is 0.139 e. The van der Waals surface area contributed by atoms with Crippen LogP contribution in [0.25, 0.3) is 0 Å². The van der Waals surface area contributed by atoms with Crippen LogP contribution in [-0.2, 0) is 6.42 Å². The molecular weight excluding hydrogens is 284 g/mol. The molecule has 2 N–H and O–H groups in total. The molecule has 0 aliphatic carbocycles. The SMILES string of the molecule is CCCNc1ncnc(Nc2cccc(Cl)c2C)c1CC. The van der Waals surface area contributed by atoms with Gasteiger partial charge < -0.3 is 10.6 Å². The fourth-order valence-corrected chi connectivity index (χ4v) is 2.30. The lowest BCUT2D eigenvalue weighted by molar-refractivity contribution is 0.949. The van der Waals surface area contributed by atoms with Crippen LogP contribution in [0.5, 0.6) is 0 Å². The van der Waals surface area contributed by atoms with Crippen molar-refractivity contribution in [3.63, 3.8) is 0 Å². The van der Waals surface area contributed by atoms with Crippen molar-refractivity contribution in [2.75, 3.05) is 17.2 Å². The van der Waals surface area contributed by atoms with Crippen LogP contribution in [0.4, 0.5) is 17.3 Å². The molecule has 0 bridgehead atoms. The van der Waals surface area contributed by atoms with Crippen molar-refractivity contribution in [2.24, 2.45) is 0 Å². The number of rotatable bonds is 6. The fourth-order valence-electron chi connectivity index (χ4n) is 2.12. The van der Waals surface area contributed by atoms with E-state index in [1.165, 1.54) is 0 Å². The molecule has 21 heavy (non-hydrogen) atoms. The topological polar surface area (TPSA) is 49.8 Å². The Hall–Kier alpha value is -1.81. The molecule has 0 unspecified atom stereocenters. The Morgan fingerprint density at radius 3 is 2.62 bits per heavy atom. The Labute approximate surface area is 131 Å². The van der Waals surface area contributed by atoms with E-state index in [0.29, 0.717) is 0 Å². The van der Waals surface area contributed by atoms with Gasteiger partial charge in [0.25, 0.3) is 0 Å². The summed E-state index contributed by atoms with van der Waals surface area (Å²) in [4.78, 5) is 8.72. The zero-order valence-corrected chi connectivity index (χ0v) is 13.5. The van der Waals surface area contributed by atoms with Gasteiger partial charge in [-0.2, -0.15) is 0 Å². The van der Waals surface area contributed by atoms with Crippen LogP contribution in [-0.4, -0.2) is 16.5 Å². The second-order valence-electron chi connectivity index (χ2n) is 4.87. The van der Waals surface area contributed by atoms with Crippen molar-refractivity contribution in [2.45, 2.75) is 33.6 Å². The largest absolute Gasteiger partial charge is 0.370 e. The monoisotopic (exact) mass is 304 g/mol. The van der Waals surface area contributed by atoms with E-state index in [1.54, 1.807) is 6.33 Å². The number of hydrogen-bond acceptors (Lipinski definition) is 4. The molecule has 0 atom stereocenters. The molecule has 112 valence electrons. The lowest BCUT2D eigenvalue weighted by Crippen LogP contribution is -2.09. The van der Waals surface area contributed by atoms with E-state index in [4.69, 9.17) is 11.6 Å². The third-order valence-corrected chi connectivity index (χ3v) is 3.77. The molecule has 0 fully saturated rings. The lowest BCUT2D eigenvalue weighted by atomic mass is 10.1. The van der Waals surface area contributed by atoms with E-state index in [2.05, 4.69) is 34.4 Å². The summed E-state index contributed by atoms with van der Waals surface area (Å²) in [5, 5.41) is 7.47. The van der Waals surface area contributed by atoms with Crippen LogP contribution in [0.1, 0.15) is 31.4 Å². The molecule has 1 aromatic heterocycles. The number of nitrogens with zero attached hydrogens (tertiary/aromatic N) is 2. The number of halogens is 1. The first-order valence-electron chi connectivity index (χ1n) is 7.27. The Morgan fingerprint density at radius 1 is 1.14 bits per heavy atom. The first-order valence-corrected chi connectivity index (χ1v) is 7.65. The molecule has 2 aromatic rings. The molecule has 0 radical (unpaired) electrons. The Morgan fingerprint density at radius 2 is 1.90 bits per heavy atom. The third kappa shape index (κ3) is 3.64. The minimum absolute atomic E-state index is 0.747. The molecule has 1 heterocycles. The van der Waals surface area contributed by atoms with Crippen molar-refractivity contribution < 1.29 is 0 Å². The minimum Gasteiger partial charge on any atom is -0.370 e. The van der Waals surface area contributed by atoms with Gasteiger partial charge in [0.05, 0.1) is 0 Å². The summed E-state index contributed by atoms with van der Waals surface area (Å²) in [7, 11) is 0. The highest BCUT2D eigenvalue weighted by atomic mass is 35.5. The zero-order valence-electron chi connectivity index (χ0n) is 12.7. The lowest BCUT2D eigenvalue weighted by Gasteiger charge is -2.15. The maximum absolute atomic E-state index is 6.17. The van der Waals surface area contributed by atoms with Gasteiger partial charge in [-0.25, -0.2) is 9.97 Å². The normalized spacial score (nSPS) is 10.5. The van der Waals surface area contributed by atoms with Gasteiger partial charge in [0, 0.05) is 22.8 Å². The summed E-state index contributed by atoms with van der Waals surface area (Å²) in [5.74, 6) is 1.73. The summed E-state index contributed by atoms with van der Waals surface area (Å²) in [6, 6.07) is 5.82. The fraction of sp³-hybridized carbons (Fsp3) is 0.375. The van der Waals surface area contributed by atoms with Gasteiger partial charge in [-0.15, -0.1) is 0 Å². The number of nitrogens with one attached hydrogen (secondary N) is 2. The van der Waals surface area contributed by atoms with Crippen LogP contribution >= 0.6 is 11.6 Å². The van der Waals surface area contributed by atoms with Crippen molar-refractivity contribution in [1.82, 2.24) is 9.97 Å². The van der Waals surface area contributed by atoms with Crippen molar-refractivity contribution in [3.05, 3.63) is 40.7 Å². The molecular formula is C16H21ClN4. The number of hydrogen-bond donors (Lipinski definition) is 2. The maximum atomic E-state index is 6.17. The average Bonchev–Trinajstić information content (AvgIpc) is 2.50. The molecule has 0 aliphatic heterocycles. The van der Waals surface area contributed by atoms with Gasteiger partial charge in [0.15, 0.2) is 0 Å². The quantitative estimate of drug-likeness (QED) is 0.821. The predicted octanol–water partition coefficient (Wildman–Crippen LogP) is 4.57. The number of anilines is 3. The summed E-state index contributed by atoms with van der Waals surface area (Å²) in [6.45, 7) is 7.13. The molecule has 0 amide bonds. The van der Waals surface area contributed by atoms with Gasteiger partial charge in [-0.3, -0.25) is 0 Å². The second kappa shape index (κ2) is 7.27. The highest BCUT2D eigenvalue weighted by molar-refractivity contribution is 6.31. The standard InChI is InChI=1S/C16H21ClN4/c1-4-9-18-15-12(5-2)16(20-10-19-15)21-14-8-6-7-13(17)11(14)3/h6-8,10H,4-5,9H2,1-3H3,(H2,18,19,20,21). The summed E-state index contributed by atoms with van der Waals surface area (Å²) < 4.78 is 0. The molecule has 1 aromatic carbocycles. The Bertz CT molecular complexity index is 613. The average molecular weight is 305 g/mol. The molecule has 5 heteroatoms. The molecule has 2 rings (SSSR count). The van der Waals surface area contributed by atoms with Gasteiger partial charge in [0.2, 0.25) is 0 Å². The van der Waals surface area contributed by atoms with E-state index < -0.39 is 0 Å². The van der Waals surface area contributed by atoms with Crippen molar-refractivity contribution >= 4 is 28.9 Å². The highest BCUT2D eigenvalue weighted by Crippen LogP contribution is 2.28. The molecule has 0 aliphatic rings. The minimum atomic E-state index is 0.747. The molecule has 0 saturated heterocycles. The first kappa shape index (κ1) is 15.6.